The summed E-state index contributed by atoms with van der Waals surface area (Å²) in [6.07, 6.45) is 4.45. The van der Waals surface area contributed by atoms with Gasteiger partial charge in [-0.25, -0.2) is 9.78 Å². The van der Waals surface area contributed by atoms with Crippen molar-refractivity contribution in [3.63, 3.8) is 0 Å². The molecule has 2 fully saturated rings. The maximum absolute atomic E-state index is 12.7. The topological polar surface area (TPSA) is 59.4 Å². The van der Waals surface area contributed by atoms with E-state index in [2.05, 4.69) is 16.4 Å². The first-order valence-electron chi connectivity index (χ1n) is 9.84. The van der Waals surface area contributed by atoms with Gasteiger partial charge in [-0.1, -0.05) is 12.1 Å². The van der Waals surface area contributed by atoms with E-state index in [-0.39, 0.29) is 6.03 Å². The minimum absolute atomic E-state index is 0.0210. The molecule has 2 aromatic carbocycles. The Hall–Kier alpha value is -2.86. The molecule has 2 heterocycles. The van der Waals surface area contributed by atoms with Crippen molar-refractivity contribution < 1.29 is 9.53 Å². The monoisotopic (exact) mass is 376 g/mol. The zero-order valence-corrected chi connectivity index (χ0v) is 15.9. The van der Waals surface area contributed by atoms with Crippen LogP contribution in [0.3, 0.4) is 0 Å². The van der Waals surface area contributed by atoms with E-state index in [9.17, 15) is 4.79 Å². The highest BCUT2D eigenvalue weighted by Gasteiger charge is 2.43. The van der Waals surface area contributed by atoms with E-state index in [1.807, 2.05) is 58.3 Å². The second-order valence-electron chi connectivity index (χ2n) is 7.78. The van der Waals surface area contributed by atoms with E-state index in [0.717, 1.165) is 48.3 Å². The summed E-state index contributed by atoms with van der Waals surface area (Å²) in [7, 11) is 1.79. The third-order valence-corrected chi connectivity index (χ3v) is 6.16. The van der Waals surface area contributed by atoms with Crippen molar-refractivity contribution >= 4 is 22.8 Å². The summed E-state index contributed by atoms with van der Waals surface area (Å²) >= 11 is 0. The largest absolute Gasteiger partial charge is 0.381 e. The number of methoxy groups -OCH3 is 1. The third kappa shape index (κ3) is 2.94. The molecule has 144 valence electrons. The number of hydrogen-bond acceptors (Lipinski definition) is 3. The second kappa shape index (κ2) is 6.95. The van der Waals surface area contributed by atoms with E-state index >= 15 is 0 Å². The van der Waals surface area contributed by atoms with E-state index in [1.165, 1.54) is 0 Å². The lowest BCUT2D eigenvalue weighted by atomic mass is 9.95. The van der Waals surface area contributed by atoms with Crippen LogP contribution in [0.15, 0.2) is 54.9 Å². The number of amides is 2. The lowest BCUT2D eigenvalue weighted by Gasteiger charge is -2.37. The summed E-state index contributed by atoms with van der Waals surface area (Å²) in [5, 5.41) is 3.04. The SMILES string of the molecule is COC1C2CCC1CN(C(=O)Nc1ccc(-n3cnc4ccccc43)cc1)C2. The Morgan fingerprint density at radius 1 is 1.07 bits per heavy atom. The number of piperidine rings is 1. The standard InChI is InChI=1S/C22H24N4O2/c1-28-21-15-6-7-16(21)13-25(12-15)22(27)24-17-8-10-18(11-9-17)26-14-23-19-4-2-3-5-20(19)26/h2-5,8-11,14-16,21H,6-7,12-13H2,1H3,(H,24,27). The van der Waals surface area contributed by atoms with Crippen LogP contribution in [-0.2, 0) is 4.74 Å². The Labute approximate surface area is 164 Å². The number of aromatic nitrogens is 2. The van der Waals surface area contributed by atoms with Crippen molar-refractivity contribution in [2.75, 3.05) is 25.5 Å². The zero-order valence-electron chi connectivity index (χ0n) is 15.9. The Bertz CT molecular complexity index is 983. The number of carbonyl (C=O) groups is 1. The highest BCUT2D eigenvalue weighted by molar-refractivity contribution is 5.89. The molecule has 1 saturated carbocycles. The molecule has 1 aliphatic heterocycles. The number of para-hydroxylation sites is 2. The van der Waals surface area contributed by atoms with Gasteiger partial charge in [-0.2, -0.15) is 0 Å². The van der Waals surface area contributed by atoms with Crippen molar-refractivity contribution in [2.24, 2.45) is 11.8 Å². The van der Waals surface area contributed by atoms with Gasteiger partial charge in [0.2, 0.25) is 0 Å². The number of imidazole rings is 1. The zero-order chi connectivity index (χ0) is 19.1. The van der Waals surface area contributed by atoms with E-state index in [0.29, 0.717) is 17.9 Å². The van der Waals surface area contributed by atoms with Gasteiger partial charge in [-0.3, -0.25) is 4.57 Å². The molecule has 6 nitrogen and oxygen atoms in total. The van der Waals surface area contributed by atoms with Crippen LogP contribution in [-0.4, -0.2) is 46.8 Å². The Morgan fingerprint density at radius 3 is 2.50 bits per heavy atom. The predicted molar refractivity (Wildman–Crippen MR) is 109 cm³/mol. The molecular formula is C22H24N4O2. The second-order valence-corrected chi connectivity index (χ2v) is 7.78. The van der Waals surface area contributed by atoms with Gasteiger partial charge in [0.15, 0.2) is 0 Å². The van der Waals surface area contributed by atoms with Crippen LogP contribution in [0, 0.1) is 11.8 Å². The van der Waals surface area contributed by atoms with Crippen LogP contribution in [0.2, 0.25) is 0 Å². The molecule has 6 heteroatoms. The molecule has 0 radical (unpaired) electrons. The quantitative estimate of drug-likeness (QED) is 0.754. The number of anilines is 1. The van der Waals surface area contributed by atoms with Gasteiger partial charge < -0.3 is 15.0 Å². The van der Waals surface area contributed by atoms with Crippen LogP contribution in [0.5, 0.6) is 0 Å². The smallest absolute Gasteiger partial charge is 0.321 e. The molecule has 1 N–H and O–H groups in total. The number of carbonyl (C=O) groups excluding carboxylic acids is 1. The van der Waals surface area contributed by atoms with Gasteiger partial charge >= 0.3 is 6.03 Å². The highest BCUT2D eigenvalue weighted by atomic mass is 16.5. The van der Waals surface area contributed by atoms with Gasteiger partial charge in [0.05, 0.1) is 17.1 Å². The van der Waals surface area contributed by atoms with Crippen LogP contribution >= 0.6 is 0 Å². The number of benzene rings is 2. The fraction of sp³-hybridized carbons (Fsp3) is 0.364. The number of nitrogens with zero attached hydrogens (tertiary/aromatic N) is 3. The first-order chi connectivity index (χ1) is 13.7. The molecule has 3 aromatic rings. The first-order valence-corrected chi connectivity index (χ1v) is 9.84. The molecule has 1 saturated heterocycles. The van der Waals surface area contributed by atoms with Crippen LogP contribution in [0.4, 0.5) is 10.5 Å². The molecule has 2 aliphatic rings. The van der Waals surface area contributed by atoms with Gasteiger partial charge in [0, 0.05) is 43.4 Å². The molecule has 2 amide bonds. The number of fused-ring (bicyclic) bond motifs is 3. The lowest BCUT2D eigenvalue weighted by Crippen LogP contribution is -2.49. The number of nitrogens with one attached hydrogen (secondary N) is 1. The molecule has 28 heavy (non-hydrogen) atoms. The van der Waals surface area contributed by atoms with E-state index in [1.54, 1.807) is 7.11 Å². The summed E-state index contributed by atoms with van der Waals surface area (Å²) in [5.74, 6) is 0.929. The normalized spacial score (nSPS) is 23.9. The Balaban J connectivity index is 1.28. The summed E-state index contributed by atoms with van der Waals surface area (Å²) in [6.45, 7) is 1.56. The summed E-state index contributed by atoms with van der Waals surface area (Å²) in [5.41, 5.74) is 3.86. The molecule has 5 rings (SSSR count). The first kappa shape index (κ1) is 17.3. The van der Waals surface area contributed by atoms with Crippen LogP contribution < -0.4 is 5.32 Å². The molecule has 0 spiro atoms. The van der Waals surface area contributed by atoms with Gasteiger partial charge in [-0.15, -0.1) is 0 Å². The lowest BCUT2D eigenvalue weighted by molar-refractivity contribution is -0.00364. The van der Waals surface area contributed by atoms with Crippen molar-refractivity contribution in [3.8, 4) is 5.69 Å². The van der Waals surface area contributed by atoms with Crippen molar-refractivity contribution in [1.82, 2.24) is 14.5 Å². The summed E-state index contributed by atoms with van der Waals surface area (Å²) in [4.78, 5) is 19.1. The third-order valence-electron chi connectivity index (χ3n) is 6.16. The van der Waals surface area contributed by atoms with Gasteiger partial charge in [0.1, 0.15) is 6.33 Å². The molecule has 1 aromatic heterocycles. The van der Waals surface area contributed by atoms with Crippen LogP contribution in [0.1, 0.15) is 12.8 Å². The average Bonchev–Trinajstić information content (AvgIpc) is 3.26. The maximum atomic E-state index is 12.7. The van der Waals surface area contributed by atoms with Crippen molar-refractivity contribution in [2.45, 2.75) is 18.9 Å². The highest BCUT2D eigenvalue weighted by Crippen LogP contribution is 2.38. The Kier molecular flexibility index (Phi) is 4.28. The molecule has 1 aliphatic carbocycles. The number of hydrogen-bond donors (Lipinski definition) is 1. The van der Waals surface area contributed by atoms with Crippen molar-refractivity contribution in [3.05, 3.63) is 54.9 Å². The van der Waals surface area contributed by atoms with E-state index < -0.39 is 0 Å². The predicted octanol–water partition coefficient (Wildman–Crippen LogP) is 3.91. The molecule has 2 atom stereocenters. The fourth-order valence-electron chi connectivity index (χ4n) is 4.80. The summed E-state index contributed by atoms with van der Waals surface area (Å²) in [6, 6.07) is 15.9. The van der Waals surface area contributed by atoms with Gasteiger partial charge in [0.25, 0.3) is 0 Å². The molecule has 2 unspecified atom stereocenters. The minimum atomic E-state index is -0.0210. The van der Waals surface area contributed by atoms with E-state index in [4.69, 9.17) is 4.74 Å². The average molecular weight is 376 g/mol. The number of likely N-dealkylation sites (tertiary alicyclic amines) is 1. The molecule has 2 bridgehead atoms. The Morgan fingerprint density at radius 2 is 1.79 bits per heavy atom. The van der Waals surface area contributed by atoms with Crippen molar-refractivity contribution in [1.29, 1.82) is 0 Å². The number of rotatable bonds is 3. The fourth-order valence-corrected chi connectivity index (χ4v) is 4.80. The maximum Gasteiger partial charge on any atom is 0.321 e. The number of urea groups is 1. The molecular weight excluding hydrogens is 352 g/mol. The van der Waals surface area contributed by atoms with Gasteiger partial charge in [-0.05, 0) is 49.2 Å². The van der Waals surface area contributed by atoms with Crippen LogP contribution in [0.25, 0.3) is 16.7 Å². The minimum Gasteiger partial charge on any atom is -0.381 e. The summed E-state index contributed by atoms with van der Waals surface area (Å²) < 4.78 is 7.69. The number of ether oxygens (including phenoxy) is 1.